The number of thioether (sulfide) groups is 1. The van der Waals surface area contributed by atoms with Crippen molar-refractivity contribution in [3.05, 3.63) is 0 Å². The molecule has 0 amide bonds. The number of nitrogens with zero attached hydrogens (tertiary/aromatic N) is 4. The van der Waals surface area contributed by atoms with Gasteiger partial charge >= 0.3 is 0 Å². The van der Waals surface area contributed by atoms with Gasteiger partial charge in [-0.05, 0) is 43.2 Å². The van der Waals surface area contributed by atoms with E-state index in [1.54, 1.807) is 11.8 Å². The molecule has 0 aromatic carbocycles. The van der Waals surface area contributed by atoms with Crippen LogP contribution in [0.15, 0.2) is 5.16 Å². The largest absolute Gasteiger partial charge is 0.381 e. The van der Waals surface area contributed by atoms with Crippen LogP contribution >= 0.6 is 11.8 Å². The molecule has 2 saturated heterocycles. The van der Waals surface area contributed by atoms with Crippen molar-refractivity contribution in [3.8, 4) is 0 Å². The lowest BCUT2D eigenvalue weighted by Gasteiger charge is -2.42. The average molecular weight is 313 g/mol. The fourth-order valence-corrected chi connectivity index (χ4v) is 4.20. The van der Waals surface area contributed by atoms with Crippen LogP contribution in [0, 0.1) is 0 Å². The SMILES string of the molecule is CNCCn1nnnc1SC1CCOC2(CCOCC2)C1. The Morgan fingerprint density at radius 1 is 1.38 bits per heavy atom. The maximum atomic E-state index is 6.09. The Bertz CT molecular complexity index is 444. The third kappa shape index (κ3) is 3.74. The van der Waals surface area contributed by atoms with E-state index < -0.39 is 0 Å². The molecule has 21 heavy (non-hydrogen) atoms. The van der Waals surface area contributed by atoms with Crippen LogP contribution in [0.25, 0.3) is 0 Å². The highest BCUT2D eigenvalue weighted by molar-refractivity contribution is 7.99. The van der Waals surface area contributed by atoms with Crippen LogP contribution in [0.4, 0.5) is 0 Å². The minimum Gasteiger partial charge on any atom is -0.381 e. The maximum absolute atomic E-state index is 6.09. The molecule has 1 spiro atoms. The first kappa shape index (κ1) is 15.2. The number of aromatic nitrogens is 4. The first-order valence-corrected chi connectivity index (χ1v) is 8.48. The molecule has 8 heteroatoms. The lowest BCUT2D eigenvalue weighted by Crippen LogP contribution is -2.45. The Hall–Kier alpha value is -0.700. The first-order valence-electron chi connectivity index (χ1n) is 7.60. The van der Waals surface area contributed by atoms with Crippen molar-refractivity contribution in [2.45, 2.75) is 48.2 Å². The molecule has 0 bridgehead atoms. The summed E-state index contributed by atoms with van der Waals surface area (Å²) in [5.74, 6) is 0. The second-order valence-corrected chi connectivity index (χ2v) is 6.93. The summed E-state index contributed by atoms with van der Waals surface area (Å²) in [5.41, 5.74) is 0.0252. The number of nitrogens with one attached hydrogen (secondary N) is 1. The van der Waals surface area contributed by atoms with Gasteiger partial charge in [0.25, 0.3) is 0 Å². The Morgan fingerprint density at radius 3 is 3.05 bits per heavy atom. The van der Waals surface area contributed by atoms with Crippen molar-refractivity contribution in [1.29, 1.82) is 0 Å². The van der Waals surface area contributed by atoms with Crippen molar-refractivity contribution < 1.29 is 9.47 Å². The lowest BCUT2D eigenvalue weighted by atomic mass is 9.86. The molecule has 7 nitrogen and oxygen atoms in total. The van der Waals surface area contributed by atoms with Crippen LogP contribution in [0.3, 0.4) is 0 Å². The molecule has 118 valence electrons. The van der Waals surface area contributed by atoms with Crippen molar-refractivity contribution in [2.24, 2.45) is 0 Å². The molecule has 2 aliphatic heterocycles. The van der Waals surface area contributed by atoms with Gasteiger partial charge in [-0.2, -0.15) is 0 Å². The van der Waals surface area contributed by atoms with Gasteiger partial charge < -0.3 is 14.8 Å². The Morgan fingerprint density at radius 2 is 2.24 bits per heavy atom. The summed E-state index contributed by atoms with van der Waals surface area (Å²) in [6, 6.07) is 0. The zero-order chi connectivity index (χ0) is 14.5. The highest BCUT2D eigenvalue weighted by Gasteiger charge is 2.39. The van der Waals surface area contributed by atoms with Crippen LogP contribution in [0.1, 0.15) is 25.7 Å². The van der Waals surface area contributed by atoms with Gasteiger partial charge in [0.1, 0.15) is 0 Å². The summed E-state index contributed by atoms with van der Waals surface area (Å²) in [6.07, 6.45) is 4.15. The zero-order valence-corrected chi connectivity index (χ0v) is 13.3. The summed E-state index contributed by atoms with van der Waals surface area (Å²) in [6.45, 7) is 4.13. The lowest BCUT2D eigenvalue weighted by molar-refractivity contribution is -0.131. The van der Waals surface area contributed by atoms with Crippen molar-refractivity contribution in [1.82, 2.24) is 25.5 Å². The van der Waals surface area contributed by atoms with E-state index in [2.05, 4.69) is 20.8 Å². The summed E-state index contributed by atoms with van der Waals surface area (Å²) >= 11 is 1.79. The minimum absolute atomic E-state index is 0.0252. The first-order chi connectivity index (χ1) is 10.3. The van der Waals surface area contributed by atoms with Gasteiger partial charge in [-0.15, -0.1) is 5.10 Å². The molecule has 0 aliphatic carbocycles. The van der Waals surface area contributed by atoms with E-state index in [4.69, 9.17) is 9.47 Å². The molecule has 1 unspecified atom stereocenters. The molecule has 1 N–H and O–H groups in total. The molecule has 0 radical (unpaired) electrons. The molecule has 1 aromatic rings. The second-order valence-electron chi connectivity index (χ2n) is 5.66. The monoisotopic (exact) mass is 313 g/mol. The molecule has 1 aromatic heterocycles. The zero-order valence-electron chi connectivity index (χ0n) is 12.5. The third-order valence-electron chi connectivity index (χ3n) is 4.20. The quantitative estimate of drug-likeness (QED) is 0.858. The predicted octanol–water partition coefficient (Wildman–Crippen LogP) is 0.713. The molecular formula is C13H23N5O2S. The van der Waals surface area contributed by atoms with Gasteiger partial charge in [0, 0.05) is 31.6 Å². The Kier molecular flexibility index (Phi) is 5.10. The van der Waals surface area contributed by atoms with Crippen molar-refractivity contribution in [2.75, 3.05) is 33.4 Å². The highest BCUT2D eigenvalue weighted by Crippen LogP contribution is 2.40. The second kappa shape index (κ2) is 7.04. The normalized spacial score (nSPS) is 25.3. The van der Waals surface area contributed by atoms with Gasteiger partial charge in [-0.3, -0.25) is 0 Å². The van der Waals surface area contributed by atoms with E-state index in [0.717, 1.165) is 63.7 Å². The molecule has 0 saturated carbocycles. The summed E-state index contributed by atoms with van der Waals surface area (Å²) in [4.78, 5) is 0. The van der Waals surface area contributed by atoms with E-state index >= 15 is 0 Å². The Labute approximate surface area is 129 Å². The summed E-state index contributed by atoms with van der Waals surface area (Å²) in [7, 11) is 1.94. The van der Waals surface area contributed by atoms with Gasteiger partial charge in [0.15, 0.2) is 0 Å². The highest BCUT2D eigenvalue weighted by atomic mass is 32.2. The van der Waals surface area contributed by atoms with Crippen LogP contribution < -0.4 is 5.32 Å². The van der Waals surface area contributed by atoms with Gasteiger partial charge in [-0.1, -0.05) is 11.8 Å². The standard InChI is InChI=1S/C13H23N5O2S/c1-14-5-6-18-12(15-16-17-18)21-11-2-7-20-13(10-11)3-8-19-9-4-13/h11,14H,2-10H2,1H3. The van der Waals surface area contributed by atoms with Crippen LogP contribution in [0.2, 0.25) is 0 Å². The summed E-state index contributed by atoms with van der Waals surface area (Å²) in [5, 5.41) is 16.6. The van der Waals surface area contributed by atoms with E-state index in [0.29, 0.717) is 5.25 Å². The molecule has 1 atom stereocenters. The fourth-order valence-electron chi connectivity index (χ4n) is 2.96. The number of hydrogen-bond donors (Lipinski definition) is 1. The maximum Gasteiger partial charge on any atom is 0.209 e. The number of ether oxygens (including phenoxy) is 2. The average Bonchev–Trinajstić information content (AvgIpc) is 2.93. The van der Waals surface area contributed by atoms with E-state index in [9.17, 15) is 0 Å². The van der Waals surface area contributed by atoms with E-state index in [-0.39, 0.29) is 5.60 Å². The van der Waals surface area contributed by atoms with Crippen LogP contribution in [-0.2, 0) is 16.0 Å². The van der Waals surface area contributed by atoms with Crippen molar-refractivity contribution >= 4 is 11.8 Å². The Balaban J connectivity index is 1.60. The molecule has 2 aliphatic rings. The van der Waals surface area contributed by atoms with E-state index in [1.165, 1.54) is 0 Å². The molecule has 2 fully saturated rings. The van der Waals surface area contributed by atoms with Crippen LogP contribution in [-0.4, -0.2) is 64.5 Å². The molecule has 3 heterocycles. The fraction of sp³-hybridized carbons (Fsp3) is 0.923. The van der Waals surface area contributed by atoms with Gasteiger partial charge in [0.05, 0.1) is 12.1 Å². The minimum atomic E-state index is 0.0252. The van der Waals surface area contributed by atoms with E-state index in [1.807, 2.05) is 11.7 Å². The number of rotatable bonds is 5. The molecular weight excluding hydrogens is 290 g/mol. The third-order valence-corrected chi connectivity index (χ3v) is 5.44. The smallest absolute Gasteiger partial charge is 0.209 e. The van der Waals surface area contributed by atoms with Gasteiger partial charge in [0.2, 0.25) is 5.16 Å². The number of tetrazole rings is 1. The number of hydrogen-bond acceptors (Lipinski definition) is 7. The number of likely N-dealkylation sites (N-methyl/N-ethyl adjacent to an activating group) is 1. The topological polar surface area (TPSA) is 74.1 Å². The summed E-state index contributed by atoms with van der Waals surface area (Å²) < 4.78 is 13.4. The molecule has 3 rings (SSSR count). The van der Waals surface area contributed by atoms with Crippen LogP contribution in [0.5, 0.6) is 0 Å². The van der Waals surface area contributed by atoms with Gasteiger partial charge in [-0.25, -0.2) is 4.68 Å². The van der Waals surface area contributed by atoms with Crippen molar-refractivity contribution in [3.63, 3.8) is 0 Å². The predicted molar refractivity (Wildman–Crippen MR) is 79.4 cm³/mol.